The maximum Gasteiger partial charge on any atom is 0.258 e. The third-order valence-corrected chi connectivity index (χ3v) is 4.98. The van der Waals surface area contributed by atoms with Gasteiger partial charge in [-0.25, -0.2) is 17.8 Å². The van der Waals surface area contributed by atoms with E-state index in [1.807, 2.05) is 0 Å². The number of carbonyl (C=O) groups excluding carboxylic acids is 1. The van der Waals surface area contributed by atoms with Crippen LogP contribution >= 0.6 is 0 Å². The van der Waals surface area contributed by atoms with Crippen molar-refractivity contribution >= 4 is 35.1 Å². The summed E-state index contributed by atoms with van der Waals surface area (Å²) in [5.74, 6) is -2.48. The number of rotatable bonds is 5. The molecular formula is C13H14BFN4O4S. The molecule has 24 heavy (non-hydrogen) atoms. The third kappa shape index (κ3) is 4.33. The number of nitrogens with one attached hydrogen (secondary N) is 1. The second kappa shape index (κ2) is 6.61. The predicted octanol–water partition coefficient (Wildman–Crippen LogP) is -1.57. The van der Waals surface area contributed by atoms with E-state index < -0.39 is 32.9 Å². The molecule has 1 heterocycles. The lowest BCUT2D eigenvalue weighted by Crippen LogP contribution is -2.46. The van der Waals surface area contributed by atoms with Crippen LogP contribution in [0, 0.1) is 5.82 Å². The van der Waals surface area contributed by atoms with Gasteiger partial charge in [-0.15, -0.1) is 10.2 Å². The fourth-order valence-corrected chi connectivity index (χ4v) is 3.39. The summed E-state index contributed by atoms with van der Waals surface area (Å²) >= 11 is 0. The highest BCUT2D eigenvalue weighted by Crippen LogP contribution is 2.18. The summed E-state index contributed by atoms with van der Waals surface area (Å²) in [6.45, 7) is 1.05. The van der Waals surface area contributed by atoms with Gasteiger partial charge in [0.15, 0.2) is 29.1 Å². The van der Waals surface area contributed by atoms with Crippen molar-refractivity contribution in [2.24, 2.45) is 0 Å². The summed E-state index contributed by atoms with van der Waals surface area (Å²) in [5.41, 5.74) is -1.85. The van der Waals surface area contributed by atoms with E-state index >= 15 is 0 Å². The van der Waals surface area contributed by atoms with Gasteiger partial charge in [-0.05, 0) is 31.2 Å². The van der Waals surface area contributed by atoms with Crippen LogP contribution in [0.1, 0.15) is 6.92 Å². The normalized spacial score (nSPS) is 14.0. The van der Waals surface area contributed by atoms with Crippen LogP contribution in [-0.4, -0.2) is 53.8 Å². The number of halogens is 1. The Kier molecular flexibility index (Phi) is 4.95. The number of aliphatic hydroxyl groups is 1. The molecule has 0 saturated heterocycles. The van der Waals surface area contributed by atoms with Crippen LogP contribution in [0.25, 0.3) is 0 Å². The summed E-state index contributed by atoms with van der Waals surface area (Å²) in [6.07, 6.45) is 1.23. The molecule has 0 aliphatic rings. The molecule has 1 atom stereocenters. The minimum absolute atomic E-state index is 0.0231. The molecule has 0 aliphatic heterocycles. The Morgan fingerprint density at radius 3 is 2.50 bits per heavy atom. The molecule has 2 aromatic rings. The molecule has 11 heteroatoms. The molecule has 0 unspecified atom stereocenters. The largest absolute Gasteiger partial charge is 0.379 e. The van der Waals surface area contributed by atoms with Crippen molar-refractivity contribution < 1.29 is 22.7 Å². The maximum absolute atomic E-state index is 12.9. The van der Waals surface area contributed by atoms with Gasteiger partial charge >= 0.3 is 0 Å². The molecule has 0 saturated carbocycles. The van der Waals surface area contributed by atoms with Crippen molar-refractivity contribution in [1.82, 2.24) is 15.2 Å². The number of anilines is 1. The van der Waals surface area contributed by atoms with E-state index in [1.165, 1.54) is 6.20 Å². The lowest BCUT2D eigenvalue weighted by molar-refractivity contribution is -0.130. The second-order valence-corrected chi connectivity index (χ2v) is 7.32. The zero-order chi connectivity index (χ0) is 18.0. The Morgan fingerprint density at radius 2 is 1.96 bits per heavy atom. The summed E-state index contributed by atoms with van der Waals surface area (Å²) in [7, 11) is -2.41. The molecule has 0 aliphatic carbocycles. The lowest BCUT2D eigenvalue weighted by atomic mass is 10.1. The second-order valence-electron chi connectivity index (χ2n) is 5.33. The summed E-state index contributed by atoms with van der Waals surface area (Å²) in [5, 5.41) is 19.7. The first kappa shape index (κ1) is 18.0. The predicted molar refractivity (Wildman–Crippen MR) is 85.7 cm³/mol. The molecular weight excluding hydrogens is 338 g/mol. The Balaban J connectivity index is 2.15. The van der Waals surface area contributed by atoms with Gasteiger partial charge in [-0.1, -0.05) is 0 Å². The van der Waals surface area contributed by atoms with Crippen LogP contribution in [-0.2, 0) is 14.6 Å². The Hall–Kier alpha value is -2.40. The maximum atomic E-state index is 12.9. The van der Waals surface area contributed by atoms with Gasteiger partial charge in [-0.3, -0.25) is 4.79 Å². The number of benzene rings is 1. The van der Waals surface area contributed by atoms with Crippen molar-refractivity contribution in [3.63, 3.8) is 0 Å². The average Bonchev–Trinajstić information content (AvgIpc) is 2.49. The minimum atomic E-state index is -4.01. The van der Waals surface area contributed by atoms with Gasteiger partial charge in [0, 0.05) is 0 Å². The number of sulfone groups is 1. The Bertz CT molecular complexity index is 841. The van der Waals surface area contributed by atoms with E-state index in [-0.39, 0.29) is 10.7 Å². The fraction of sp³-hybridized carbons (Fsp3) is 0.231. The average molecular weight is 352 g/mol. The van der Waals surface area contributed by atoms with Gasteiger partial charge in [0.2, 0.25) is 0 Å². The van der Waals surface area contributed by atoms with Gasteiger partial charge in [0.25, 0.3) is 5.91 Å². The number of hydrogen-bond donors (Lipinski definition) is 2. The first-order chi connectivity index (χ1) is 11.1. The topological polar surface area (TPSA) is 122 Å². The fourth-order valence-electron chi connectivity index (χ4n) is 1.80. The highest BCUT2D eigenvalue weighted by molar-refractivity contribution is 7.91. The van der Waals surface area contributed by atoms with Gasteiger partial charge < -0.3 is 10.4 Å². The molecule has 2 rings (SSSR count). The molecule has 126 valence electrons. The lowest BCUT2D eigenvalue weighted by Gasteiger charge is -2.21. The van der Waals surface area contributed by atoms with E-state index in [4.69, 9.17) is 0 Å². The molecule has 0 radical (unpaired) electrons. The Labute approximate surface area is 138 Å². The van der Waals surface area contributed by atoms with Crippen molar-refractivity contribution in [1.29, 1.82) is 0 Å². The number of hydrogen-bond acceptors (Lipinski definition) is 7. The quantitative estimate of drug-likeness (QED) is 0.493. The van der Waals surface area contributed by atoms with Crippen LogP contribution in [0.2, 0.25) is 0 Å². The van der Waals surface area contributed by atoms with E-state index in [0.717, 1.165) is 31.2 Å². The van der Waals surface area contributed by atoms with Crippen molar-refractivity contribution in [2.45, 2.75) is 17.4 Å². The standard InChI is InChI=1S/C13H14BFN4O4S/c1-13(21,11(20)17-10-6-16-12(14)19-18-10)7-24(22,23)9-4-2-8(15)3-5-9/h2-6,21H,7,14H2,1H3,(H,17,18,20)/t13-/m0/s1. The van der Waals surface area contributed by atoms with E-state index in [1.54, 1.807) is 7.85 Å². The number of amides is 1. The molecule has 2 N–H and O–H groups in total. The zero-order valence-electron chi connectivity index (χ0n) is 12.9. The number of aromatic nitrogens is 3. The first-order valence-electron chi connectivity index (χ1n) is 6.79. The van der Waals surface area contributed by atoms with Crippen LogP contribution in [0.4, 0.5) is 10.2 Å². The van der Waals surface area contributed by atoms with Crippen LogP contribution in [0.3, 0.4) is 0 Å². The molecule has 0 spiro atoms. The van der Waals surface area contributed by atoms with Crippen LogP contribution < -0.4 is 11.0 Å². The van der Waals surface area contributed by atoms with E-state index in [2.05, 4.69) is 20.5 Å². The highest BCUT2D eigenvalue weighted by Gasteiger charge is 2.37. The van der Waals surface area contributed by atoms with Crippen LogP contribution in [0.5, 0.6) is 0 Å². The van der Waals surface area contributed by atoms with Crippen LogP contribution in [0.15, 0.2) is 35.4 Å². The molecule has 1 amide bonds. The SMILES string of the molecule is Bc1ncc(NC(=O)[C@@](C)(O)CS(=O)(=O)c2ccc(F)cc2)nn1. The van der Waals surface area contributed by atoms with E-state index in [0.29, 0.717) is 5.72 Å². The summed E-state index contributed by atoms with van der Waals surface area (Å²) < 4.78 is 37.4. The molecule has 8 nitrogen and oxygen atoms in total. The minimum Gasteiger partial charge on any atom is -0.379 e. The zero-order valence-corrected chi connectivity index (χ0v) is 13.7. The third-order valence-electron chi connectivity index (χ3n) is 3.05. The summed E-state index contributed by atoms with van der Waals surface area (Å²) in [6, 6.07) is 4.09. The molecule has 0 fully saturated rings. The number of carbonyl (C=O) groups is 1. The van der Waals surface area contributed by atoms with Gasteiger partial charge in [0.1, 0.15) is 11.5 Å². The van der Waals surface area contributed by atoms with Gasteiger partial charge in [0.05, 0.1) is 16.8 Å². The van der Waals surface area contributed by atoms with Crippen molar-refractivity contribution in [3.8, 4) is 0 Å². The van der Waals surface area contributed by atoms with E-state index in [9.17, 15) is 22.7 Å². The smallest absolute Gasteiger partial charge is 0.258 e. The first-order valence-corrected chi connectivity index (χ1v) is 8.44. The van der Waals surface area contributed by atoms with Gasteiger partial charge in [-0.2, -0.15) is 0 Å². The molecule has 0 bridgehead atoms. The van der Waals surface area contributed by atoms with Crippen molar-refractivity contribution in [2.75, 3.05) is 11.1 Å². The highest BCUT2D eigenvalue weighted by atomic mass is 32.2. The molecule has 1 aromatic heterocycles. The summed E-state index contributed by atoms with van der Waals surface area (Å²) in [4.78, 5) is 15.7. The van der Waals surface area contributed by atoms with Crippen molar-refractivity contribution in [3.05, 3.63) is 36.3 Å². The Morgan fingerprint density at radius 1 is 1.33 bits per heavy atom. The number of nitrogens with zero attached hydrogens (tertiary/aromatic N) is 3. The molecule has 1 aromatic carbocycles. The monoisotopic (exact) mass is 352 g/mol.